The molecule has 0 bridgehead atoms. The third-order valence-corrected chi connectivity index (χ3v) is 7.71. The van der Waals surface area contributed by atoms with Crippen LogP contribution in [0.5, 0.6) is 0 Å². The Morgan fingerprint density at radius 3 is 2.63 bits per heavy atom. The molecule has 1 heterocycles. The summed E-state index contributed by atoms with van der Waals surface area (Å²) in [6.45, 7) is 3.14. The van der Waals surface area contributed by atoms with Crippen molar-refractivity contribution in [1.82, 2.24) is 5.32 Å². The molecule has 0 amide bonds. The van der Waals surface area contributed by atoms with Gasteiger partial charge >= 0.3 is 0 Å². The molecule has 3 nitrogen and oxygen atoms in total. The zero-order valence-electron chi connectivity index (χ0n) is 12.1. The molecule has 0 spiro atoms. The van der Waals surface area contributed by atoms with E-state index < -0.39 is 9.84 Å². The van der Waals surface area contributed by atoms with Crippen molar-refractivity contribution >= 4 is 21.6 Å². The van der Waals surface area contributed by atoms with Gasteiger partial charge in [-0.1, -0.05) is 13.3 Å². The highest BCUT2D eigenvalue weighted by Crippen LogP contribution is 2.38. The van der Waals surface area contributed by atoms with Crippen LogP contribution < -0.4 is 5.32 Å². The van der Waals surface area contributed by atoms with Gasteiger partial charge in [0.25, 0.3) is 0 Å². The molecule has 1 saturated heterocycles. The Morgan fingerprint density at radius 1 is 1.26 bits per heavy atom. The fraction of sp³-hybridized carbons (Fsp3) is 1.00. The summed E-state index contributed by atoms with van der Waals surface area (Å²) in [6.07, 6.45) is 8.02. The molecular formula is C14H27NO2S2. The van der Waals surface area contributed by atoms with E-state index in [-0.39, 0.29) is 5.25 Å². The maximum atomic E-state index is 11.8. The van der Waals surface area contributed by atoms with Crippen LogP contribution in [0.3, 0.4) is 0 Å². The molecule has 1 N–H and O–H groups in total. The van der Waals surface area contributed by atoms with Gasteiger partial charge in [-0.25, -0.2) is 8.42 Å². The Labute approximate surface area is 122 Å². The Balaban J connectivity index is 2.04. The van der Waals surface area contributed by atoms with Crippen LogP contribution >= 0.6 is 11.8 Å². The van der Waals surface area contributed by atoms with Crippen LogP contribution in [-0.2, 0) is 9.84 Å². The van der Waals surface area contributed by atoms with Crippen molar-refractivity contribution in [3.05, 3.63) is 0 Å². The van der Waals surface area contributed by atoms with E-state index >= 15 is 0 Å². The van der Waals surface area contributed by atoms with E-state index in [2.05, 4.69) is 24.0 Å². The van der Waals surface area contributed by atoms with E-state index in [9.17, 15) is 8.42 Å². The Morgan fingerprint density at radius 2 is 2.05 bits per heavy atom. The monoisotopic (exact) mass is 305 g/mol. The minimum atomic E-state index is -2.87. The van der Waals surface area contributed by atoms with Gasteiger partial charge in [-0.2, -0.15) is 11.8 Å². The predicted octanol–water partition coefficient (Wildman–Crippen LogP) is 2.46. The van der Waals surface area contributed by atoms with Crippen LogP contribution in [0, 0.1) is 5.92 Å². The molecule has 5 heteroatoms. The molecule has 4 unspecified atom stereocenters. The van der Waals surface area contributed by atoms with E-state index in [1.807, 2.05) is 0 Å². The highest BCUT2D eigenvalue weighted by molar-refractivity contribution is 8.00. The third kappa shape index (κ3) is 4.11. The minimum absolute atomic E-state index is 0.0983. The highest BCUT2D eigenvalue weighted by atomic mass is 32.2. The van der Waals surface area contributed by atoms with Crippen LogP contribution in [0.4, 0.5) is 0 Å². The van der Waals surface area contributed by atoms with Gasteiger partial charge in [-0.3, -0.25) is 0 Å². The molecule has 4 atom stereocenters. The second-order valence-corrected chi connectivity index (χ2v) is 9.69. The van der Waals surface area contributed by atoms with Crippen molar-refractivity contribution in [1.29, 1.82) is 0 Å². The number of hydrogen-bond donors (Lipinski definition) is 1. The van der Waals surface area contributed by atoms with E-state index in [0.29, 0.717) is 17.2 Å². The van der Waals surface area contributed by atoms with Crippen molar-refractivity contribution < 1.29 is 8.42 Å². The van der Waals surface area contributed by atoms with Crippen LogP contribution in [0.1, 0.15) is 45.4 Å². The van der Waals surface area contributed by atoms with Crippen LogP contribution in [-0.4, -0.2) is 43.5 Å². The number of rotatable bonds is 5. The van der Waals surface area contributed by atoms with Crippen LogP contribution in [0.25, 0.3) is 0 Å². The van der Waals surface area contributed by atoms with Gasteiger partial charge in [0, 0.05) is 17.5 Å². The maximum Gasteiger partial charge on any atom is 0.150 e. The Bertz CT molecular complexity index is 377. The standard InChI is InChI=1S/C14H27NO2S2/c1-3-15-14(13-8-5-9-18-13)11-6-4-7-12(10-11)19(2,16)17/h11-15H,3-10H2,1-2H3. The normalized spacial score (nSPS) is 34.3. The molecule has 0 radical (unpaired) electrons. The van der Waals surface area contributed by atoms with Crippen molar-refractivity contribution in [2.45, 2.75) is 62.0 Å². The molecule has 19 heavy (non-hydrogen) atoms. The predicted molar refractivity (Wildman–Crippen MR) is 83.5 cm³/mol. The van der Waals surface area contributed by atoms with Crippen molar-refractivity contribution in [3.63, 3.8) is 0 Å². The lowest BCUT2D eigenvalue weighted by atomic mass is 9.81. The van der Waals surface area contributed by atoms with Crippen LogP contribution in [0.15, 0.2) is 0 Å². The van der Waals surface area contributed by atoms with Gasteiger partial charge in [-0.15, -0.1) is 0 Å². The van der Waals surface area contributed by atoms with E-state index in [1.54, 1.807) is 0 Å². The largest absolute Gasteiger partial charge is 0.313 e. The summed E-state index contributed by atoms with van der Waals surface area (Å²) in [6, 6.07) is 0.516. The van der Waals surface area contributed by atoms with Crippen LogP contribution in [0.2, 0.25) is 0 Å². The molecule has 2 rings (SSSR count). The smallest absolute Gasteiger partial charge is 0.150 e. The first-order chi connectivity index (χ1) is 9.02. The summed E-state index contributed by atoms with van der Waals surface area (Å²) >= 11 is 2.08. The number of thioether (sulfide) groups is 1. The summed E-state index contributed by atoms with van der Waals surface area (Å²) in [5, 5.41) is 4.25. The first-order valence-corrected chi connectivity index (χ1v) is 10.6. The molecule has 2 fully saturated rings. The fourth-order valence-electron chi connectivity index (χ4n) is 3.62. The fourth-order valence-corrected chi connectivity index (χ4v) is 6.31. The summed E-state index contributed by atoms with van der Waals surface area (Å²) in [7, 11) is -2.87. The average Bonchev–Trinajstić information content (AvgIpc) is 2.88. The Hall–Kier alpha value is 0.260. The van der Waals surface area contributed by atoms with Gasteiger partial charge in [0.1, 0.15) is 9.84 Å². The second kappa shape index (κ2) is 6.81. The zero-order chi connectivity index (χ0) is 13.9. The van der Waals surface area contributed by atoms with Gasteiger partial charge < -0.3 is 5.32 Å². The summed E-state index contributed by atoms with van der Waals surface area (Å²) < 4.78 is 23.6. The average molecular weight is 306 g/mol. The molecule has 2 aliphatic rings. The number of hydrogen-bond acceptors (Lipinski definition) is 4. The van der Waals surface area contributed by atoms with Gasteiger partial charge in [-0.05, 0) is 50.3 Å². The zero-order valence-corrected chi connectivity index (χ0v) is 13.7. The van der Waals surface area contributed by atoms with Gasteiger partial charge in [0.2, 0.25) is 0 Å². The molecule has 1 aliphatic carbocycles. The Kier molecular flexibility index (Phi) is 5.61. The highest BCUT2D eigenvalue weighted by Gasteiger charge is 2.37. The summed E-state index contributed by atoms with van der Waals surface area (Å²) in [4.78, 5) is 0. The molecule has 1 aliphatic heterocycles. The molecule has 1 saturated carbocycles. The lowest BCUT2D eigenvalue weighted by Crippen LogP contribution is -2.46. The molecule has 0 aromatic heterocycles. The molecule has 0 aromatic rings. The summed E-state index contributed by atoms with van der Waals surface area (Å²) in [5.41, 5.74) is 0. The number of sulfone groups is 1. The molecule has 112 valence electrons. The first-order valence-electron chi connectivity index (χ1n) is 7.56. The lowest BCUT2D eigenvalue weighted by Gasteiger charge is -2.37. The van der Waals surface area contributed by atoms with Crippen molar-refractivity contribution in [2.24, 2.45) is 5.92 Å². The summed E-state index contributed by atoms with van der Waals surface area (Å²) in [5.74, 6) is 1.82. The van der Waals surface area contributed by atoms with E-state index in [0.717, 1.165) is 25.8 Å². The third-order valence-electron chi connectivity index (χ3n) is 4.59. The van der Waals surface area contributed by atoms with E-state index in [1.165, 1.54) is 31.3 Å². The maximum absolute atomic E-state index is 11.8. The topological polar surface area (TPSA) is 46.2 Å². The molecular weight excluding hydrogens is 278 g/mol. The van der Waals surface area contributed by atoms with E-state index in [4.69, 9.17) is 0 Å². The van der Waals surface area contributed by atoms with Crippen molar-refractivity contribution in [2.75, 3.05) is 18.6 Å². The lowest BCUT2D eigenvalue weighted by molar-refractivity contribution is 0.265. The molecule has 0 aromatic carbocycles. The quantitative estimate of drug-likeness (QED) is 0.847. The van der Waals surface area contributed by atoms with Gasteiger partial charge in [0.05, 0.1) is 5.25 Å². The minimum Gasteiger partial charge on any atom is -0.313 e. The second-order valence-electron chi connectivity index (χ2n) is 6.01. The first kappa shape index (κ1) is 15.6. The van der Waals surface area contributed by atoms with Gasteiger partial charge in [0.15, 0.2) is 0 Å². The SMILES string of the molecule is CCNC(C1CCCC(S(C)(=O)=O)C1)C1CCCS1. The van der Waals surface area contributed by atoms with Crippen molar-refractivity contribution in [3.8, 4) is 0 Å². The number of nitrogens with one attached hydrogen (secondary N) is 1.